The summed E-state index contributed by atoms with van der Waals surface area (Å²) in [7, 11) is -3.44. The van der Waals surface area contributed by atoms with Gasteiger partial charge in [0, 0.05) is 5.56 Å². The number of aliphatic hydroxyl groups is 1. The number of aromatic nitrogens is 4. The van der Waals surface area contributed by atoms with E-state index in [1.165, 1.54) is 6.33 Å². The summed E-state index contributed by atoms with van der Waals surface area (Å²) in [6, 6.07) is 5.14. The largest absolute Gasteiger partial charge is 0.393 e. The summed E-state index contributed by atoms with van der Waals surface area (Å²) >= 11 is 0. The molecular formula is C19H23N5O3S. The van der Waals surface area contributed by atoms with Crippen LogP contribution in [-0.4, -0.2) is 45.0 Å². The Bertz CT molecular complexity index is 1120. The fraction of sp³-hybridized carbons (Fsp3) is 0.421. The van der Waals surface area contributed by atoms with Crippen LogP contribution in [0, 0.1) is 12.8 Å². The van der Waals surface area contributed by atoms with Crippen LogP contribution in [0.1, 0.15) is 31.2 Å². The zero-order valence-electron chi connectivity index (χ0n) is 15.6. The molecule has 0 saturated heterocycles. The Morgan fingerprint density at radius 3 is 2.71 bits per heavy atom. The highest BCUT2D eigenvalue weighted by Gasteiger charge is 2.26. The Labute approximate surface area is 163 Å². The Kier molecular flexibility index (Phi) is 4.80. The molecule has 1 fully saturated rings. The number of fused-ring (bicyclic) bond motifs is 1. The number of anilines is 1. The van der Waals surface area contributed by atoms with E-state index < -0.39 is 9.84 Å². The van der Waals surface area contributed by atoms with Crippen molar-refractivity contribution >= 4 is 21.3 Å². The van der Waals surface area contributed by atoms with Crippen molar-refractivity contribution in [2.24, 2.45) is 5.92 Å². The van der Waals surface area contributed by atoms with Crippen molar-refractivity contribution in [2.45, 2.75) is 43.6 Å². The second-order valence-corrected chi connectivity index (χ2v) is 9.49. The lowest BCUT2D eigenvalue weighted by atomic mass is 9.89. The van der Waals surface area contributed by atoms with Crippen LogP contribution in [0.25, 0.3) is 16.9 Å². The first kappa shape index (κ1) is 18.8. The molecule has 8 nitrogen and oxygen atoms in total. The Morgan fingerprint density at radius 1 is 1.21 bits per heavy atom. The molecule has 148 valence electrons. The van der Waals surface area contributed by atoms with Gasteiger partial charge in [-0.2, -0.15) is 5.10 Å². The number of nitrogens with two attached hydrogens (primary N) is 1. The monoisotopic (exact) mass is 401 g/mol. The molecule has 1 saturated carbocycles. The molecule has 0 amide bonds. The minimum absolute atomic E-state index is 0.0847. The van der Waals surface area contributed by atoms with E-state index in [0.717, 1.165) is 24.0 Å². The van der Waals surface area contributed by atoms with Crippen molar-refractivity contribution in [1.82, 2.24) is 19.6 Å². The Balaban J connectivity index is 1.69. The number of hydrogen-bond acceptors (Lipinski definition) is 7. The Hall–Kier alpha value is -2.52. The van der Waals surface area contributed by atoms with Crippen molar-refractivity contribution in [2.75, 3.05) is 11.5 Å². The van der Waals surface area contributed by atoms with Gasteiger partial charge in [0.15, 0.2) is 21.3 Å². The van der Waals surface area contributed by atoms with Crippen LogP contribution in [-0.2, 0) is 9.84 Å². The van der Waals surface area contributed by atoms with E-state index >= 15 is 0 Å². The third-order valence-corrected chi connectivity index (χ3v) is 7.33. The average molecular weight is 401 g/mol. The Morgan fingerprint density at radius 2 is 1.96 bits per heavy atom. The van der Waals surface area contributed by atoms with Crippen LogP contribution in [0.2, 0.25) is 0 Å². The maximum atomic E-state index is 13.0. The molecule has 9 heteroatoms. The molecule has 1 aliphatic carbocycles. The molecular weight excluding hydrogens is 378 g/mol. The van der Waals surface area contributed by atoms with Crippen molar-refractivity contribution in [1.29, 1.82) is 0 Å². The zero-order valence-corrected chi connectivity index (χ0v) is 16.4. The predicted octanol–water partition coefficient (Wildman–Crippen LogP) is 2.01. The van der Waals surface area contributed by atoms with Gasteiger partial charge >= 0.3 is 0 Å². The molecule has 3 aromatic rings. The van der Waals surface area contributed by atoms with Gasteiger partial charge in [-0.3, -0.25) is 0 Å². The second kappa shape index (κ2) is 7.14. The molecule has 4 rings (SSSR count). The van der Waals surface area contributed by atoms with Gasteiger partial charge in [0.25, 0.3) is 0 Å². The van der Waals surface area contributed by atoms with Crippen LogP contribution in [0.5, 0.6) is 0 Å². The van der Waals surface area contributed by atoms with Crippen molar-refractivity contribution < 1.29 is 13.5 Å². The van der Waals surface area contributed by atoms with Crippen LogP contribution in [0.4, 0.5) is 5.82 Å². The van der Waals surface area contributed by atoms with E-state index in [4.69, 9.17) is 5.73 Å². The second-order valence-electron chi connectivity index (χ2n) is 7.46. The van der Waals surface area contributed by atoms with Crippen molar-refractivity contribution in [3.05, 3.63) is 36.3 Å². The molecule has 0 unspecified atom stereocenters. The summed E-state index contributed by atoms with van der Waals surface area (Å²) < 4.78 is 27.6. The van der Waals surface area contributed by atoms with E-state index in [9.17, 15) is 13.5 Å². The SMILES string of the molecule is Cc1ccc(S(=O)(=O)CC2CCC(O)CC2)cc1-c1cnc2c(N)ncnn12. The van der Waals surface area contributed by atoms with E-state index in [1.807, 2.05) is 6.92 Å². The number of rotatable bonds is 4. The van der Waals surface area contributed by atoms with Gasteiger partial charge in [-0.05, 0) is 56.2 Å². The first-order chi connectivity index (χ1) is 13.3. The highest BCUT2D eigenvalue weighted by atomic mass is 32.2. The number of sulfone groups is 1. The molecule has 2 aromatic heterocycles. The van der Waals surface area contributed by atoms with E-state index in [2.05, 4.69) is 15.1 Å². The van der Waals surface area contributed by atoms with E-state index in [1.54, 1.807) is 28.9 Å². The molecule has 28 heavy (non-hydrogen) atoms. The summed E-state index contributed by atoms with van der Waals surface area (Å²) in [6.45, 7) is 1.91. The highest BCUT2D eigenvalue weighted by Crippen LogP contribution is 2.31. The minimum atomic E-state index is -3.44. The predicted molar refractivity (Wildman–Crippen MR) is 105 cm³/mol. The summed E-state index contributed by atoms with van der Waals surface area (Å²) in [6.07, 6.45) is 5.49. The number of imidazole rings is 1. The molecule has 0 bridgehead atoms. The third kappa shape index (κ3) is 3.47. The summed E-state index contributed by atoms with van der Waals surface area (Å²) in [5, 5.41) is 13.8. The fourth-order valence-corrected chi connectivity index (χ4v) is 5.53. The first-order valence-corrected chi connectivity index (χ1v) is 11.0. The number of nitrogens with zero attached hydrogens (tertiary/aromatic N) is 4. The maximum Gasteiger partial charge on any atom is 0.197 e. The van der Waals surface area contributed by atoms with Gasteiger partial charge in [-0.15, -0.1) is 0 Å². The van der Waals surface area contributed by atoms with E-state index in [0.29, 0.717) is 24.2 Å². The normalized spacial score (nSPS) is 20.5. The lowest BCUT2D eigenvalue weighted by Gasteiger charge is -2.25. The highest BCUT2D eigenvalue weighted by molar-refractivity contribution is 7.91. The molecule has 0 radical (unpaired) electrons. The summed E-state index contributed by atoms with van der Waals surface area (Å²) in [5.41, 5.74) is 8.61. The van der Waals surface area contributed by atoms with Crippen LogP contribution in [0.3, 0.4) is 0 Å². The molecule has 0 aliphatic heterocycles. The third-order valence-electron chi connectivity index (χ3n) is 5.45. The number of hydrogen-bond donors (Lipinski definition) is 2. The molecule has 1 aliphatic rings. The van der Waals surface area contributed by atoms with Gasteiger partial charge in [-0.1, -0.05) is 6.07 Å². The molecule has 1 aromatic carbocycles. The number of nitrogen functional groups attached to an aromatic ring is 1. The fourth-order valence-electron chi connectivity index (χ4n) is 3.81. The molecule has 3 N–H and O–H groups in total. The number of aliphatic hydroxyl groups excluding tert-OH is 1. The van der Waals surface area contributed by atoms with Crippen molar-refractivity contribution in [3.8, 4) is 11.3 Å². The summed E-state index contributed by atoms with van der Waals surface area (Å²) in [4.78, 5) is 8.49. The molecule has 0 spiro atoms. The van der Waals surface area contributed by atoms with Crippen molar-refractivity contribution in [3.63, 3.8) is 0 Å². The lowest BCUT2D eigenvalue weighted by molar-refractivity contribution is 0.113. The average Bonchev–Trinajstić information content (AvgIpc) is 3.09. The summed E-state index contributed by atoms with van der Waals surface area (Å²) in [5.74, 6) is 0.452. The van der Waals surface area contributed by atoms with Gasteiger partial charge in [-0.25, -0.2) is 22.9 Å². The molecule has 0 atom stereocenters. The zero-order chi connectivity index (χ0) is 19.9. The van der Waals surface area contributed by atoms with Gasteiger partial charge < -0.3 is 10.8 Å². The topological polar surface area (TPSA) is 123 Å². The number of benzene rings is 1. The molecule has 2 heterocycles. The quantitative estimate of drug-likeness (QED) is 0.685. The first-order valence-electron chi connectivity index (χ1n) is 9.31. The van der Waals surface area contributed by atoms with Gasteiger partial charge in [0.05, 0.1) is 28.6 Å². The van der Waals surface area contributed by atoms with Gasteiger partial charge in [0.1, 0.15) is 6.33 Å². The van der Waals surface area contributed by atoms with E-state index in [-0.39, 0.29) is 28.5 Å². The number of aryl methyl sites for hydroxylation is 1. The van der Waals surface area contributed by atoms with Crippen LogP contribution in [0.15, 0.2) is 35.6 Å². The smallest absolute Gasteiger partial charge is 0.197 e. The standard InChI is InChI=1S/C19H23N5O3S/c1-12-2-7-15(28(26,27)10-13-3-5-14(25)6-4-13)8-16(12)17-9-21-19-18(20)22-11-23-24(17)19/h2,7-9,11,13-14,25H,3-6,10H2,1H3,(H2,20,22,23). The maximum absolute atomic E-state index is 13.0. The van der Waals surface area contributed by atoms with Crippen LogP contribution < -0.4 is 5.73 Å². The minimum Gasteiger partial charge on any atom is -0.393 e. The van der Waals surface area contributed by atoms with Crippen LogP contribution >= 0.6 is 0 Å². The lowest BCUT2D eigenvalue weighted by Crippen LogP contribution is -2.24. The van der Waals surface area contributed by atoms with Gasteiger partial charge in [0.2, 0.25) is 0 Å².